The molecule has 3 aromatic rings. The van der Waals surface area contributed by atoms with E-state index in [-0.39, 0.29) is 4.21 Å². The molecule has 3 rings (SSSR count). The normalized spacial score (nSPS) is 11.8. The summed E-state index contributed by atoms with van der Waals surface area (Å²) in [4.78, 5) is 16.1. The number of hydrazone groups is 1. The van der Waals surface area contributed by atoms with Gasteiger partial charge in [-0.1, -0.05) is 6.07 Å². The number of nitrogens with zero attached hydrogens (tertiary/aromatic N) is 2. The number of nitrogens with one attached hydrogen (secondary N) is 2. The Morgan fingerprint density at radius 3 is 2.37 bits per heavy atom. The molecule has 1 aromatic carbocycles. The van der Waals surface area contributed by atoms with Crippen LogP contribution in [0, 0.1) is 0 Å². The summed E-state index contributed by atoms with van der Waals surface area (Å²) in [5.74, 6) is -0.393. The lowest BCUT2D eigenvalue weighted by molar-refractivity contribution is 0.0955. The molecule has 0 unspecified atom stereocenters. The number of hydrogen-bond donors (Lipinski definition) is 2. The minimum Gasteiger partial charge on any atom is -0.279 e. The molecule has 0 bridgehead atoms. The van der Waals surface area contributed by atoms with Gasteiger partial charge in [0.1, 0.15) is 4.21 Å². The molecule has 0 radical (unpaired) electrons. The van der Waals surface area contributed by atoms with Crippen LogP contribution in [0.15, 0.2) is 75.6 Å². The number of hydrogen-bond acceptors (Lipinski definition) is 6. The molecule has 0 spiro atoms. The highest BCUT2D eigenvalue weighted by Gasteiger charge is 2.15. The number of aromatic nitrogens is 1. The van der Waals surface area contributed by atoms with Crippen molar-refractivity contribution in [2.45, 2.75) is 11.1 Å². The van der Waals surface area contributed by atoms with Crippen LogP contribution in [0.4, 0.5) is 5.69 Å². The fourth-order valence-electron chi connectivity index (χ4n) is 2.17. The molecule has 0 saturated carbocycles. The Morgan fingerprint density at radius 1 is 1.04 bits per heavy atom. The molecule has 0 aliphatic carbocycles. The Hall–Kier alpha value is -3.04. The molecule has 0 fully saturated rings. The second-order valence-electron chi connectivity index (χ2n) is 5.49. The average molecular weight is 400 g/mol. The first kappa shape index (κ1) is 18.7. The van der Waals surface area contributed by atoms with Gasteiger partial charge in [-0.3, -0.25) is 14.5 Å². The van der Waals surface area contributed by atoms with E-state index in [0.29, 0.717) is 17.0 Å². The first-order valence-corrected chi connectivity index (χ1v) is 10.2. The first-order valence-electron chi connectivity index (χ1n) is 7.87. The van der Waals surface area contributed by atoms with Crippen molar-refractivity contribution in [3.8, 4) is 0 Å². The summed E-state index contributed by atoms with van der Waals surface area (Å²) >= 11 is 1.13. The van der Waals surface area contributed by atoms with Crippen molar-refractivity contribution in [3.63, 3.8) is 0 Å². The molecular formula is C18H16N4O3S2. The zero-order valence-corrected chi connectivity index (χ0v) is 15.9. The van der Waals surface area contributed by atoms with Crippen LogP contribution in [-0.2, 0) is 10.0 Å². The minimum atomic E-state index is -3.61. The van der Waals surface area contributed by atoms with E-state index in [2.05, 4.69) is 20.2 Å². The molecule has 0 saturated heterocycles. The molecule has 0 aliphatic heterocycles. The molecule has 1 amide bonds. The lowest BCUT2D eigenvalue weighted by atomic mass is 10.2. The van der Waals surface area contributed by atoms with Crippen LogP contribution in [0.5, 0.6) is 0 Å². The molecule has 27 heavy (non-hydrogen) atoms. The monoisotopic (exact) mass is 400 g/mol. The number of thiophene rings is 1. The number of benzene rings is 1. The van der Waals surface area contributed by atoms with Crippen molar-refractivity contribution in [1.29, 1.82) is 0 Å². The second-order valence-corrected chi connectivity index (χ2v) is 8.35. The van der Waals surface area contributed by atoms with E-state index in [1.165, 1.54) is 30.3 Å². The van der Waals surface area contributed by atoms with Gasteiger partial charge in [0.2, 0.25) is 0 Å². The van der Waals surface area contributed by atoms with Gasteiger partial charge in [0, 0.05) is 29.2 Å². The number of amides is 1. The molecule has 2 heterocycles. The third-order valence-electron chi connectivity index (χ3n) is 3.58. The summed E-state index contributed by atoms with van der Waals surface area (Å²) in [5, 5.41) is 5.76. The fourth-order valence-corrected chi connectivity index (χ4v) is 4.22. The van der Waals surface area contributed by atoms with Crippen molar-refractivity contribution in [2.75, 3.05) is 4.72 Å². The molecule has 7 nitrogen and oxygen atoms in total. The number of carbonyl (C=O) groups is 1. The number of pyridine rings is 1. The Kier molecular flexibility index (Phi) is 5.63. The van der Waals surface area contributed by atoms with E-state index in [9.17, 15) is 13.2 Å². The fraction of sp³-hybridized carbons (Fsp3) is 0.0556. The van der Waals surface area contributed by atoms with Crippen molar-refractivity contribution in [1.82, 2.24) is 10.4 Å². The maximum absolute atomic E-state index is 12.2. The van der Waals surface area contributed by atoms with Crippen LogP contribution in [0.1, 0.15) is 22.8 Å². The smallest absolute Gasteiger partial charge is 0.271 e. The number of anilines is 1. The van der Waals surface area contributed by atoms with E-state index >= 15 is 0 Å². The van der Waals surface area contributed by atoms with Crippen LogP contribution in [0.25, 0.3) is 0 Å². The molecule has 9 heteroatoms. The summed E-state index contributed by atoms with van der Waals surface area (Å²) in [6.45, 7) is 1.78. The van der Waals surface area contributed by atoms with Crippen LogP contribution >= 0.6 is 11.3 Å². The number of sulfonamides is 1. The van der Waals surface area contributed by atoms with Gasteiger partial charge in [0.25, 0.3) is 15.9 Å². The zero-order valence-electron chi connectivity index (χ0n) is 14.3. The summed E-state index contributed by atoms with van der Waals surface area (Å²) in [7, 11) is -3.61. The maximum Gasteiger partial charge on any atom is 0.271 e. The molecule has 2 aromatic heterocycles. The van der Waals surface area contributed by atoms with Gasteiger partial charge >= 0.3 is 0 Å². The summed E-state index contributed by atoms with van der Waals surface area (Å²) < 4.78 is 27.1. The predicted molar refractivity (Wildman–Crippen MR) is 105 cm³/mol. The zero-order chi connectivity index (χ0) is 19.3. The SMILES string of the molecule is C/C(=N/NC(=O)c1ccc(NS(=O)(=O)c2cccs2)cc1)c1ccncc1. The summed E-state index contributed by atoms with van der Waals surface area (Å²) in [6.07, 6.45) is 3.29. The summed E-state index contributed by atoms with van der Waals surface area (Å²) in [6, 6.07) is 12.9. The highest BCUT2D eigenvalue weighted by molar-refractivity contribution is 7.94. The van der Waals surface area contributed by atoms with Crippen molar-refractivity contribution in [3.05, 3.63) is 77.4 Å². The third kappa shape index (κ3) is 4.78. The number of rotatable bonds is 6. The molecule has 138 valence electrons. The molecule has 2 N–H and O–H groups in total. The number of carbonyl (C=O) groups excluding carboxylic acids is 1. The lowest BCUT2D eigenvalue weighted by Gasteiger charge is -2.07. The second kappa shape index (κ2) is 8.11. The Morgan fingerprint density at radius 2 is 1.74 bits per heavy atom. The van der Waals surface area contributed by atoms with Crippen LogP contribution in [0.3, 0.4) is 0 Å². The van der Waals surface area contributed by atoms with E-state index in [1.54, 1.807) is 42.9 Å². The van der Waals surface area contributed by atoms with Gasteiger partial charge in [-0.05, 0) is 54.8 Å². The van der Waals surface area contributed by atoms with Gasteiger partial charge in [0.05, 0.1) is 5.71 Å². The van der Waals surface area contributed by atoms with Crippen LogP contribution < -0.4 is 10.1 Å². The topological polar surface area (TPSA) is 101 Å². The van der Waals surface area contributed by atoms with Crippen molar-refractivity contribution < 1.29 is 13.2 Å². The van der Waals surface area contributed by atoms with E-state index in [0.717, 1.165) is 16.9 Å². The van der Waals surface area contributed by atoms with Gasteiger partial charge in [-0.15, -0.1) is 11.3 Å². The highest BCUT2D eigenvalue weighted by atomic mass is 32.2. The quantitative estimate of drug-likeness (QED) is 0.490. The van der Waals surface area contributed by atoms with E-state index in [4.69, 9.17) is 0 Å². The van der Waals surface area contributed by atoms with Crippen molar-refractivity contribution in [2.24, 2.45) is 5.10 Å². The van der Waals surface area contributed by atoms with Crippen molar-refractivity contribution >= 4 is 38.7 Å². The predicted octanol–water partition coefficient (Wildman–Crippen LogP) is 3.10. The van der Waals surface area contributed by atoms with E-state index in [1.807, 2.05) is 0 Å². The Bertz CT molecular complexity index is 1050. The largest absolute Gasteiger partial charge is 0.279 e. The van der Waals surface area contributed by atoms with Crippen LogP contribution in [0.2, 0.25) is 0 Å². The minimum absolute atomic E-state index is 0.227. The lowest BCUT2D eigenvalue weighted by Crippen LogP contribution is -2.19. The average Bonchev–Trinajstić information content (AvgIpc) is 3.23. The van der Waals surface area contributed by atoms with Gasteiger partial charge in [0.15, 0.2) is 0 Å². The molecular weight excluding hydrogens is 384 g/mol. The molecule has 0 atom stereocenters. The van der Waals surface area contributed by atoms with Gasteiger partial charge in [-0.25, -0.2) is 13.8 Å². The summed E-state index contributed by atoms with van der Waals surface area (Å²) in [5.41, 5.74) is 4.71. The third-order valence-corrected chi connectivity index (χ3v) is 6.36. The maximum atomic E-state index is 12.2. The Labute approximate surface area is 160 Å². The standard InChI is InChI=1S/C18H16N4O3S2/c1-13(14-8-10-19-11-9-14)20-21-18(23)15-4-6-16(7-5-15)22-27(24,25)17-3-2-12-26-17/h2-12,22H,1H3,(H,21,23)/b20-13-. The first-order chi connectivity index (χ1) is 13.0. The van der Waals surface area contributed by atoms with Gasteiger partial charge < -0.3 is 0 Å². The van der Waals surface area contributed by atoms with E-state index < -0.39 is 15.9 Å². The van der Waals surface area contributed by atoms with Gasteiger partial charge in [-0.2, -0.15) is 5.10 Å². The molecule has 0 aliphatic rings. The van der Waals surface area contributed by atoms with Crippen LogP contribution in [-0.4, -0.2) is 25.0 Å². The highest BCUT2D eigenvalue weighted by Crippen LogP contribution is 2.20. The Balaban J connectivity index is 1.66.